The molecular formula is C11H15N. The van der Waals surface area contributed by atoms with E-state index in [1.807, 2.05) is 0 Å². The summed E-state index contributed by atoms with van der Waals surface area (Å²) in [5.41, 5.74) is 9.61. The number of aryl methyl sites for hydroxylation is 1. The molecule has 0 aromatic heterocycles. The fourth-order valence-corrected chi connectivity index (χ4v) is 1.78. The molecule has 1 nitrogen and oxygen atoms in total. The van der Waals surface area contributed by atoms with Crippen molar-refractivity contribution in [3.8, 4) is 0 Å². The molecular weight excluding hydrogens is 146 g/mol. The van der Waals surface area contributed by atoms with Crippen molar-refractivity contribution in [2.24, 2.45) is 0 Å². The molecule has 0 radical (unpaired) electrons. The Bertz CT molecular complexity index is 287. The van der Waals surface area contributed by atoms with Gasteiger partial charge in [0.25, 0.3) is 0 Å². The molecule has 0 saturated heterocycles. The van der Waals surface area contributed by atoms with Crippen molar-refractivity contribution in [3.05, 3.63) is 29.3 Å². The number of hydrogen-bond acceptors (Lipinski definition) is 1. The minimum atomic E-state index is 0.755. The van der Waals surface area contributed by atoms with Crippen molar-refractivity contribution in [1.82, 2.24) is 0 Å². The second-order valence-electron chi connectivity index (χ2n) is 3.71. The van der Waals surface area contributed by atoms with Gasteiger partial charge >= 0.3 is 0 Å². The van der Waals surface area contributed by atoms with Gasteiger partial charge in [-0.25, -0.2) is 0 Å². The lowest BCUT2D eigenvalue weighted by molar-refractivity contribution is 0.421. The van der Waals surface area contributed by atoms with Gasteiger partial charge in [0.2, 0.25) is 0 Å². The minimum absolute atomic E-state index is 0.755. The van der Waals surface area contributed by atoms with Gasteiger partial charge in [0.1, 0.15) is 0 Å². The van der Waals surface area contributed by atoms with Gasteiger partial charge in [-0.15, -0.1) is 0 Å². The van der Waals surface area contributed by atoms with Gasteiger partial charge in [0.15, 0.2) is 0 Å². The molecule has 0 spiro atoms. The number of nitrogen functional groups attached to an aromatic ring is 1. The summed E-state index contributed by atoms with van der Waals surface area (Å²) < 4.78 is 0. The van der Waals surface area contributed by atoms with E-state index >= 15 is 0 Å². The van der Waals surface area contributed by atoms with Gasteiger partial charge in [-0.05, 0) is 36.8 Å². The Labute approximate surface area is 73.6 Å². The number of anilines is 1. The fourth-order valence-electron chi connectivity index (χ4n) is 1.78. The average molecular weight is 161 g/mol. The van der Waals surface area contributed by atoms with E-state index in [1.165, 1.54) is 30.4 Å². The molecule has 0 amide bonds. The number of hydrogen-bond donors (Lipinski definition) is 1. The van der Waals surface area contributed by atoms with Gasteiger partial charge in [-0.2, -0.15) is 0 Å². The normalized spacial score (nSPS) is 17.4. The summed E-state index contributed by atoms with van der Waals surface area (Å²) >= 11 is 0. The first kappa shape index (κ1) is 7.66. The van der Waals surface area contributed by atoms with Crippen LogP contribution in [0.15, 0.2) is 18.2 Å². The molecule has 1 aromatic rings. The highest BCUT2D eigenvalue weighted by Crippen LogP contribution is 2.39. The van der Waals surface area contributed by atoms with Crippen molar-refractivity contribution < 1.29 is 0 Å². The molecule has 1 heteroatoms. The Hall–Kier alpha value is -0.980. The van der Waals surface area contributed by atoms with E-state index in [0.717, 1.165) is 11.6 Å². The van der Waals surface area contributed by atoms with Gasteiger partial charge in [-0.3, -0.25) is 0 Å². The molecule has 1 aromatic carbocycles. The molecule has 2 rings (SSSR count). The van der Waals surface area contributed by atoms with Crippen molar-refractivity contribution in [3.63, 3.8) is 0 Å². The first-order valence-corrected chi connectivity index (χ1v) is 4.64. The third-order valence-corrected chi connectivity index (χ3v) is 2.90. The van der Waals surface area contributed by atoms with Crippen molar-refractivity contribution >= 4 is 5.69 Å². The summed E-state index contributed by atoms with van der Waals surface area (Å²) in [7, 11) is 0. The summed E-state index contributed by atoms with van der Waals surface area (Å²) in [6, 6.07) is 6.36. The zero-order valence-corrected chi connectivity index (χ0v) is 7.51. The van der Waals surface area contributed by atoms with Crippen molar-refractivity contribution in [1.29, 1.82) is 0 Å². The smallest absolute Gasteiger partial charge is 0.0379 e. The van der Waals surface area contributed by atoms with Crippen LogP contribution in [0.1, 0.15) is 36.3 Å². The SMILES string of the molecule is Cc1cccc(C2CCC2)c1N. The lowest BCUT2D eigenvalue weighted by Gasteiger charge is -2.27. The summed E-state index contributed by atoms with van der Waals surface area (Å²) in [5.74, 6) is 0.755. The van der Waals surface area contributed by atoms with Crippen LogP contribution in [0, 0.1) is 6.92 Å². The molecule has 64 valence electrons. The van der Waals surface area contributed by atoms with Crippen LogP contribution in [-0.4, -0.2) is 0 Å². The van der Waals surface area contributed by atoms with E-state index in [4.69, 9.17) is 5.73 Å². The van der Waals surface area contributed by atoms with Gasteiger partial charge in [0.05, 0.1) is 0 Å². The monoisotopic (exact) mass is 161 g/mol. The average Bonchev–Trinajstić information content (AvgIpc) is 1.95. The first-order chi connectivity index (χ1) is 5.79. The molecule has 0 bridgehead atoms. The quantitative estimate of drug-likeness (QED) is 0.630. The highest BCUT2D eigenvalue weighted by atomic mass is 14.6. The zero-order chi connectivity index (χ0) is 8.55. The molecule has 0 atom stereocenters. The maximum absolute atomic E-state index is 5.99. The minimum Gasteiger partial charge on any atom is -0.398 e. The molecule has 1 saturated carbocycles. The van der Waals surface area contributed by atoms with Gasteiger partial charge in [0, 0.05) is 5.69 Å². The molecule has 1 aliphatic rings. The predicted molar refractivity (Wildman–Crippen MR) is 52.2 cm³/mol. The molecule has 0 aliphatic heterocycles. The van der Waals surface area contributed by atoms with Crippen LogP contribution in [0.5, 0.6) is 0 Å². The number of nitrogens with two attached hydrogens (primary N) is 1. The maximum atomic E-state index is 5.99. The van der Waals surface area contributed by atoms with Crippen LogP contribution in [0.25, 0.3) is 0 Å². The van der Waals surface area contributed by atoms with E-state index in [-0.39, 0.29) is 0 Å². The second kappa shape index (κ2) is 2.81. The van der Waals surface area contributed by atoms with Crippen LogP contribution in [-0.2, 0) is 0 Å². The van der Waals surface area contributed by atoms with Crippen LogP contribution in [0.3, 0.4) is 0 Å². The lowest BCUT2D eigenvalue weighted by atomic mass is 9.79. The van der Waals surface area contributed by atoms with Crippen molar-refractivity contribution in [2.45, 2.75) is 32.1 Å². The third kappa shape index (κ3) is 1.09. The highest BCUT2D eigenvalue weighted by molar-refractivity contribution is 5.55. The molecule has 2 N–H and O–H groups in total. The Morgan fingerprint density at radius 1 is 1.33 bits per heavy atom. The Morgan fingerprint density at radius 3 is 2.67 bits per heavy atom. The molecule has 1 fully saturated rings. The Morgan fingerprint density at radius 2 is 2.08 bits per heavy atom. The van der Waals surface area contributed by atoms with Crippen LogP contribution in [0.4, 0.5) is 5.69 Å². The summed E-state index contributed by atoms with van der Waals surface area (Å²) in [6.07, 6.45) is 4.03. The molecule has 0 unspecified atom stereocenters. The van der Waals surface area contributed by atoms with Gasteiger partial charge < -0.3 is 5.73 Å². The zero-order valence-electron chi connectivity index (χ0n) is 7.51. The maximum Gasteiger partial charge on any atom is 0.0379 e. The Balaban J connectivity index is 2.36. The first-order valence-electron chi connectivity index (χ1n) is 4.64. The predicted octanol–water partition coefficient (Wildman–Crippen LogP) is 2.84. The number of para-hydroxylation sites is 1. The van der Waals surface area contributed by atoms with Crippen molar-refractivity contribution in [2.75, 3.05) is 5.73 Å². The molecule has 12 heavy (non-hydrogen) atoms. The highest BCUT2D eigenvalue weighted by Gasteiger charge is 2.21. The topological polar surface area (TPSA) is 26.0 Å². The van der Waals surface area contributed by atoms with E-state index in [1.54, 1.807) is 0 Å². The largest absolute Gasteiger partial charge is 0.398 e. The number of rotatable bonds is 1. The molecule has 1 aliphatic carbocycles. The van der Waals surface area contributed by atoms with Crippen LogP contribution in [0.2, 0.25) is 0 Å². The second-order valence-corrected chi connectivity index (χ2v) is 3.71. The Kier molecular flexibility index (Phi) is 1.80. The fraction of sp³-hybridized carbons (Fsp3) is 0.455. The van der Waals surface area contributed by atoms with E-state index in [9.17, 15) is 0 Å². The van der Waals surface area contributed by atoms with Crippen LogP contribution < -0.4 is 5.73 Å². The third-order valence-electron chi connectivity index (χ3n) is 2.90. The van der Waals surface area contributed by atoms with E-state index in [0.29, 0.717) is 0 Å². The number of benzene rings is 1. The summed E-state index contributed by atoms with van der Waals surface area (Å²) in [4.78, 5) is 0. The standard InChI is InChI=1S/C11H15N/c1-8-4-2-7-10(11(8)12)9-5-3-6-9/h2,4,7,9H,3,5-6,12H2,1H3. The van der Waals surface area contributed by atoms with E-state index in [2.05, 4.69) is 25.1 Å². The van der Waals surface area contributed by atoms with E-state index < -0.39 is 0 Å². The molecule has 0 heterocycles. The van der Waals surface area contributed by atoms with Crippen LogP contribution >= 0.6 is 0 Å². The summed E-state index contributed by atoms with van der Waals surface area (Å²) in [5, 5.41) is 0. The van der Waals surface area contributed by atoms with Gasteiger partial charge in [-0.1, -0.05) is 24.6 Å². The summed E-state index contributed by atoms with van der Waals surface area (Å²) in [6.45, 7) is 2.08. The lowest BCUT2D eigenvalue weighted by Crippen LogP contribution is -2.11.